The Labute approximate surface area is 120 Å². The Morgan fingerprint density at radius 3 is 2.57 bits per heavy atom. The zero-order chi connectivity index (χ0) is 15.4. The van der Waals surface area contributed by atoms with Crippen LogP contribution in [-0.4, -0.2) is 27.2 Å². The van der Waals surface area contributed by atoms with Crippen molar-refractivity contribution in [1.82, 2.24) is 14.8 Å². The van der Waals surface area contributed by atoms with E-state index in [1.54, 1.807) is 7.05 Å². The van der Waals surface area contributed by atoms with Gasteiger partial charge in [0.1, 0.15) is 18.2 Å². The maximum Gasteiger partial charge on any atom is 0.336 e. The monoisotopic (exact) mass is 295 g/mol. The van der Waals surface area contributed by atoms with Crippen molar-refractivity contribution in [2.24, 2.45) is 7.05 Å². The molecular formula is C14H15F2N3O2. The summed E-state index contributed by atoms with van der Waals surface area (Å²) in [7, 11) is 1.58. The van der Waals surface area contributed by atoms with Gasteiger partial charge >= 0.3 is 6.01 Å². The first-order chi connectivity index (χ1) is 9.99. The number of benzene rings is 1. The molecule has 0 radical (unpaired) electrons. The third-order valence-corrected chi connectivity index (χ3v) is 2.76. The summed E-state index contributed by atoms with van der Waals surface area (Å²) < 4.78 is 33.0. The molecule has 0 aliphatic rings. The second kappa shape index (κ2) is 6.43. The van der Waals surface area contributed by atoms with Gasteiger partial charge in [0.05, 0.1) is 0 Å². The third kappa shape index (κ3) is 3.84. The number of aromatic nitrogens is 3. The van der Waals surface area contributed by atoms with E-state index in [1.165, 1.54) is 4.68 Å². The van der Waals surface area contributed by atoms with Crippen LogP contribution in [-0.2, 0) is 11.8 Å². The molecule has 0 unspecified atom stereocenters. The lowest BCUT2D eigenvalue weighted by Gasteiger charge is -2.00. The van der Waals surface area contributed by atoms with Crippen LogP contribution in [0.4, 0.5) is 8.78 Å². The molecule has 0 saturated heterocycles. The molecule has 1 aromatic heterocycles. The zero-order valence-corrected chi connectivity index (χ0v) is 11.8. The normalized spacial score (nSPS) is 10.7. The van der Waals surface area contributed by atoms with Crippen LogP contribution in [0.25, 0.3) is 11.4 Å². The van der Waals surface area contributed by atoms with E-state index >= 15 is 0 Å². The number of Topliss-reactive ketones (excluding diaryl/α,β-unsaturated/α-hetero) is 1. The van der Waals surface area contributed by atoms with Crippen LogP contribution in [0.15, 0.2) is 18.2 Å². The minimum atomic E-state index is -0.700. The first-order valence-electron chi connectivity index (χ1n) is 6.51. The Morgan fingerprint density at radius 2 is 1.95 bits per heavy atom. The van der Waals surface area contributed by atoms with Gasteiger partial charge in [-0.15, -0.1) is 5.10 Å². The number of halogens is 2. The van der Waals surface area contributed by atoms with Crippen LogP contribution in [0, 0.1) is 11.6 Å². The molecule has 0 fully saturated rings. The summed E-state index contributed by atoms with van der Waals surface area (Å²) in [6.45, 7) is 1.78. The fourth-order valence-electron chi connectivity index (χ4n) is 1.85. The topological polar surface area (TPSA) is 57.0 Å². The van der Waals surface area contributed by atoms with Gasteiger partial charge in [-0.2, -0.15) is 4.98 Å². The van der Waals surface area contributed by atoms with Crippen molar-refractivity contribution >= 4 is 5.78 Å². The Kier molecular flexibility index (Phi) is 4.62. The molecule has 0 atom stereocenters. The van der Waals surface area contributed by atoms with Gasteiger partial charge in [0.25, 0.3) is 0 Å². The van der Waals surface area contributed by atoms with Gasteiger partial charge in [-0.25, -0.2) is 13.5 Å². The molecule has 0 bridgehead atoms. The molecule has 0 spiro atoms. The molecular weight excluding hydrogens is 280 g/mol. The van der Waals surface area contributed by atoms with Gasteiger partial charge in [0, 0.05) is 25.1 Å². The highest BCUT2D eigenvalue weighted by Crippen LogP contribution is 2.21. The minimum absolute atomic E-state index is 0.00150. The van der Waals surface area contributed by atoms with Crippen molar-refractivity contribution in [2.75, 3.05) is 6.61 Å². The summed E-state index contributed by atoms with van der Waals surface area (Å²) in [5, 5.41) is 3.96. The third-order valence-electron chi connectivity index (χ3n) is 2.76. The van der Waals surface area contributed by atoms with E-state index in [-0.39, 0.29) is 29.8 Å². The number of ether oxygens (including phenoxy) is 1. The molecule has 2 rings (SSSR count). The van der Waals surface area contributed by atoms with Crippen LogP contribution >= 0.6 is 0 Å². The molecule has 21 heavy (non-hydrogen) atoms. The Balaban J connectivity index is 2.17. The van der Waals surface area contributed by atoms with Gasteiger partial charge in [-0.3, -0.25) is 4.79 Å². The molecule has 0 N–H and O–H groups in total. The van der Waals surface area contributed by atoms with Crippen molar-refractivity contribution in [3.63, 3.8) is 0 Å². The summed E-state index contributed by atoms with van der Waals surface area (Å²) in [4.78, 5) is 15.4. The second-order valence-electron chi connectivity index (χ2n) is 4.58. The van der Waals surface area contributed by atoms with E-state index in [0.29, 0.717) is 6.42 Å². The van der Waals surface area contributed by atoms with E-state index < -0.39 is 11.6 Å². The molecule has 2 aromatic rings. The molecule has 0 amide bonds. The first kappa shape index (κ1) is 15.1. The number of hydrogen-bond acceptors (Lipinski definition) is 4. The van der Waals surface area contributed by atoms with Gasteiger partial charge in [-0.1, -0.05) is 6.92 Å². The fourth-order valence-corrected chi connectivity index (χ4v) is 1.85. The molecule has 0 aliphatic carbocycles. The number of nitrogens with zero attached hydrogens (tertiary/aromatic N) is 3. The summed E-state index contributed by atoms with van der Waals surface area (Å²) in [5.41, 5.74) is 0.247. The lowest BCUT2D eigenvalue weighted by atomic mass is 10.2. The van der Waals surface area contributed by atoms with Crippen LogP contribution in [0.5, 0.6) is 6.01 Å². The molecule has 0 saturated carbocycles. The first-order valence-corrected chi connectivity index (χ1v) is 6.51. The second-order valence-corrected chi connectivity index (χ2v) is 4.58. The lowest BCUT2D eigenvalue weighted by molar-refractivity contribution is -0.121. The maximum absolute atomic E-state index is 13.2. The molecule has 112 valence electrons. The van der Waals surface area contributed by atoms with Gasteiger partial charge < -0.3 is 4.74 Å². The fraction of sp³-hybridized carbons (Fsp3) is 0.357. The van der Waals surface area contributed by atoms with Crippen molar-refractivity contribution in [2.45, 2.75) is 19.8 Å². The van der Waals surface area contributed by atoms with E-state index in [4.69, 9.17) is 4.74 Å². The Bertz CT molecular complexity index is 635. The predicted molar refractivity (Wildman–Crippen MR) is 71.8 cm³/mol. The quantitative estimate of drug-likeness (QED) is 0.821. The van der Waals surface area contributed by atoms with Crippen molar-refractivity contribution in [1.29, 1.82) is 0 Å². The van der Waals surface area contributed by atoms with E-state index in [9.17, 15) is 13.6 Å². The largest absolute Gasteiger partial charge is 0.454 e. The number of carbonyl (C=O) groups excluding carboxylic acids is 1. The molecule has 7 heteroatoms. The van der Waals surface area contributed by atoms with E-state index in [1.807, 2.05) is 6.92 Å². The predicted octanol–water partition coefficient (Wildman–Crippen LogP) is 2.51. The van der Waals surface area contributed by atoms with Crippen LogP contribution in [0.3, 0.4) is 0 Å². The van der Waals surface area contributed by atoms with Gasteiger partial charge in [0.2, 0.25) is 0 Å². The molecule has 1 aromatic carbocycles. The Hall–Kier alpha value is -2.31. The summed E-state index contributed by atoms with van der Waals surface area (Å²) in [5.74, 6) is -1.20. The van der Waals surface area contributed by atoms with Crippen LogP contribution in [0.2, 0.25) is 0 Å². The standard InChI is InChI=1S/C14H15F2N3O2/c1-3-4-12(20)8-21-14-17-13(19(2)18-14)9-5-10(15)7-11(16)6-9/h5-7H,3-4,8H2,1-2H3. The highest BCUT2D eigenvalue weighted by atomic mass is 19.1. The number of rotatable bonds is 6. The minimum Gasteiger partial charge on any atom is -0.454 e. The number of carbonyl (C=O) groups is 1. The highest BCUT2D eigenvalue weighted by Gasteiger charge is 2.13. The SMILES string of the molecule is CCCC(=O)COc1nc(-c2cc(F)cc(F)c2)n(C)n1. The van der Waals surface area contributed by atoms with Crippen LogP contribution in [0.1, 0.15) is 19.8 Å². The van der Waals surface area contributed by atoms with Crippen molar-refractivity contribution < 1.29 is 18.3 Å². The molecule has 5 nitrogen and oxygen atoms in total. The number of hydrogen-bond donors (Lipinski definition) is 0. The molecule has 1 heterocycles. The molecule has 0 aliphatic heterocycles. The maximum atomic E-state index is 13.2. The zero-order valence-electron chi connectivity index (χ0n) is 11.8. The average molecular weight is 295 g/mol. The average Bonchev–Trinajstić information content (AvgIpc) is 2.77. The van der Waals surface area contributed by atoms with Gasteiger partial charge in [-0.05, 0) is 18.6 Å². The smallest absolute Gasteiger partial charge is 0.336 e. The lowest BCUT2D eigenvalue weighted by Crippen LogP contribution is -2.11. The van der Waals surface area contributed by atoms with Crippen molar-refractivity contribution in [3.8, 4) is 17.4 Å². The highest BCUT2D eigenvalue weighted by molar-refractivity contribution is 5.79. The Morgan fingerprint density at radius 1 is 1.29 bits per heavy atom. The van der Waals surface area contributed by atoms with Crippen molar-refractivity contribution in [3.05, 3.63) is 29.8 Å². The van der Waals surface area contributed by atoms with Crippen LogP contribution < -0.4 is 4.74 Å². The van der Waals surface area contributed by atoms with Gasteiger partial charge in [0.15, 0.2) is 11.6 Å². The number of aryl methyl sites for hydroxylation is 1. The van der Waals surface area contributed by atoms with E-state index in [0.717, 1.165) is 24.6 Å². The van der Waals surface area contributed by atoms with E-state index in [2.05, 4.69) is 10.1 Å². The summed E-state index contributed by atoms with van der Waals surface area (Å²) >= 11 is 0. The summed E-state index contributed by atoms with van der Waals surface area (Å²) in [6, 6.07) is 3.08. The number of ketones is 1. The summed E-state index contributed by atoms with van der Waals surface area (Å²) in [6.07, 6.45) is 1.17.